The van der Waals surface area contributed by atoms with Crippen molar-refractivity contribution in [1.29, 1.82) is 0 Å². The van der Waals surface area contributed by atoms with Crippen LogP contribution in [0.1, 0.15) is 39.0 Å². The number of carboxylic acids is 3. The first-order valence-corrected chi connectivity index (χ1v) is 9.36. The molecule has 0 aromatic carbocycles. The average molecular weight is 461 g/mol. The van der Waals surface area contributed by atoms with Gasteiger partial charge in [-0.15, -0.1) is 0 Å². The van der Waals surface area contributed by atoms with Gasteiger partial charge in [-0.2, -0.15) is 0 Å². The van der Waals surface area contributed by atoms with Gasteiger partial charge in [0.1, 0.15) is 18.1 Å². The lowest BCUT2D eigenvalue weighted by Crippen LogP contribution is -2.57. The Balaban J connectivity index is 5.49. The molecule has 4 amide bonds. The van der Waals surface area contributed by atoms with E-state index >= 15 is 0 Å². The Kier molecular flexibility index (Phi) is 11.9. The summed E-state index contributed by atoms with van der Waals surface area (Å²) in [6.45, 7) is 1.31. The van der Waals surface area contributed by atoms with Crippen LogP contribution in [0.3, 0.4) is 0 Å². The molecule has 32 heavy (non-hydrogen) atoms. The minimum absolute atomic E-state index is 0.374. The van der Waals surface area contributed by atoms with E-state index in [1.807, 2.05) is 5.32 Å². The van der Waals surface area contributed by atoms with Crippen LogP contribution in [0.2, 0.25) is 0 Å². The van der Waals surface area contributed by atoms with Crippen LogP contribution in [0.25, 0.3) is 0 Å². The third kappa shape index (κ3) is 11.4. The monoisotopic (exact) mass is 461 g/mol. The number of aliphatic carboxylic acids is 3. The summed E-state index contributed by atoms with van der Waals surface area (Å²) in [7, 11) is 0. The third-order valence-corrected chi connectivity index (χ3v) is 3.99. The molecular formula is C17H27N5O10. The zero-order valence-corrected chi connectivity index (χ0v) is 17.2. The number of nitrogens with one attached hydrogen (secondary N) is 3. The Morgan fingerprint density at radius 1 is 0.719 bits per heavy atom. The van der Waals surface area contributed by atoms with Gasteiger partial charge < -0.3 is 42.7 Å². The van der Waals surface area contributed by atoms with Gasteiger partial charge in [0, 0.05) is 12.8 Å². The van der Waals surface area contributed by atoms with Gasteiger partial charge in [-0.25, -0.2) is 4.79 Å². The molecule has 0 bridgehead atoms. The molecule has 0 aliphatic carbocycles. The topological polar surface area (TPSA) is 268 Å². The summed E-state index contributed by atoms with van der Waals surface area (Å²) >= 11 is 0. The van der Waals surface area contributed by atoms with Crippen LogP contribution in [0.4, 0.5) is 0 Å². The van der Waals surface area contributed by atoms with Gasteiger partial charge in [-0.05, 0) is 19.8 Å². The highest BCUT2D eigenvalue weighted by Gasteiger charge is 2.31. The Morgan fingerprint density at radius 3 is 1.53 bits per heavy atom. The van der Waals surface area contributed by atoms with Crippen LogP contribution in [0.15, 0.2) is 0 Å². The molecule has 180 valence electrons. The minimum atomic E-state index is -1.67. The van der Waals surface area contributed by atoms with Crippen molar-refractivity contribution < 1.29 is 48.9 Å². The van der Waals surface area contributed by atoms with Crippen molar-refractivity contribution in [3.63, 3.8) is 0 Å². The van der Waals surface area contributed by atoms with Crippen molar-refractivity contribution >= 4 is 41.5 Å². The van der Waals surface area contributed by atoms with Gasteiger partial charge in [0.2, 0.25) is 23.6 Å². The highest BCUT2D eigenvalue weighted by Crippen LogP contribution is 2.04. The van der Waals surface area contributed by atoms with Crippen LogP contribution < -0.4 is 27.4 Å². The van der Waals surface area contributed by atoms with E-state index < -0.39 is 91.4 Å². The molecule has 10 N–H and O–H groups in total. The summed E-state index contributed by atoms with van der Waals surface area (Å²) in [5.74, 6) is -8.14. The molecule has 0 aromatic rings. The predicted molar refractivity (Wildman–Crippen MR) is 105 cm³/mol. The predicted octanol–water partition coefficient (Wildman–Crippen LogP) is -3.52. The summed E-state index contributed by atoms with van der Waals surface area (Å²) < 4.78 is 0. The van der Waals surface area contributed by atoms with Crippen molar-refractivity contribution in [2.75, 3.05) is 0 Å². The Hall–Kier alpha value is -3.75. The molecule has 0 fully saturated rings. The van der Waals surface area contributed by atoms with E-state index in [4.69, 9.17) is 26.8 Å². The number of amides is 4. The third-order valence-electron chi connectivity index (χ3n) is 3.99. The number of primary amides is 1. The summed E-state index contributed by atoms with van der Waals surface area (Å²) in [5, 5.41) is 33.0. The Bertz CT molecular complexity index is 754. The standard InChI is InChI=1S/C17H27N5O10/c1-7(18)14(28)20-8(2-4-12(24)25)15(29)22-10(6-11(19)23)16(30)21-9(17(31)32)3-5-13(26)27/h7-10H,2-6,18H2,1H3,(H2,19,23)(H,20,28)(H,21,30)(H,22,29)(H,24,25)(H,26,27)(H,31,32). The zero-order valence-electron chi connectivity index (χ0n) is 17.2. The van der Waals surface area contributed by atoms with Crippen LogP contribution in [0.5, 0.6) is 0 Å². The average Bonchev–Trinajstić information content (AvgIpc) is 2.66. The fraction of sp³-hybridized carbons (Fsp3) is 0.588. The number of hydrogen-bond donors (Lipinski definition) is 8. The molecule has 0 rings (SSSR count). The highest BCUT2D eigenvalue weighted by molar-refractivity contribution is 5.96. The highest BCUT2D eigenvalue weighted by atomic mass is 16.4. The maximum absolute atomic E-state index is 12.6. The van der Waals surface area contributed by atoms with Gasteiger partial charge in [-0.3, -0.25) is 28.8 Å². The van der Waals surface area contributed by atoms with E-state index in [-0.39, 0.29) is 6.42 Å². The summed E-state index contributed by atoms with van der Waals surface area (Å²) in [6.07, 6.45) is -2.71. The second kappa shape index (κ2) is 13.5. The summed E-state index contributed by atoms with van der Waals surface area (Å²) in [4.78, 5) is 80.9. The normalized spacial score (nSPS) is 14.2. The van der Waals surface area contributed by atoms with Crippen molar-refractivity contribution in [3.8, 4) is 0 Å². The number of rotatable bonds is 15. The fourth-order valence-electron chi connectivity index (χ4n) is 2.32. The number of hydrogen-bond acceptors (Lipinski definition) is 8. The molecule has 0 spiro atoms. The second-order valence-corrected chi connectivity index (χ2v) is 6.85. The quantitative estimate of drug-likeness (QED) is 0.118. The van der Waals surface area contributed by atoms with E-state index in [0.717, 1.165) is 0 Å². The van der Waals surface area contributed by atoms with Crippen LogP contribution >= 0.6 is 0 Å². The molecule has 0 saturated heterocycles. The first kappa shape index (κ1) is 28.2. The van der Waals surface area contributed by atoms with E-state index in [0.29, 0.717) is 0 Å². The van der Waals surface area contributed by atoms with Crippen LogP contribution in [0, 0.1) is 0 Å². The molecule has 0 heterocycles. The molecule has 15 nitrogen and oxygen atoms in total. The van der Waals surface area contributed by atoms with Crippen LogP contribution in [-0.4, -0.2) is 81.0 Å². The molecule has 15 heteroatoms. The first-order chi connectivity index (χ1) is 14.7. The van der Waals surface area contributed by atoms with Crippen molar-refractivity contribution in [3.05, 3.63) is 0 Å². The molecule has 4 unspecified atom stereocenters. The zero-order chi connectivity index (χ0) is 25.0. The largest absolute Gasteiger partial charge is 0.481 e. The minimum Gasteiger partial charge on any atom is -0.481 e. The molecule has 4 atom stereocenters. The lowest BCUT2D eigenvalue weighted by molar-refractivity contribution is -0.143. The molecule has 0 aliphatic rings. The number of carbonyl (C=O) groups is 7. The first-order valence-electron chi connectivity index (χ1n) is 9.36. The number of carbonyl (C=O) groups excluding carboxylic acids is 4. The van der Waals surface area contributed by atoms with Crippen molar-refractivity contribution in [2.45, 2.75) is 63.2 Å². The fourth-order valence-corrected chi connectivity index (χ4v) is 2.32. The maximum atomic E-state index is 12.6. The maximum Gasteiger partial charge on any atom is 0.326 e. The van der Waals surface area contributed by atoms with Crippen molar-refractivity contribution in [1.82, 2.24) is 16.0 Å². The number of nitrogens with two attached hydrogens (primary N) is 2. The summed E-state index contributed by atoms with van der Waals surface area (Å²) in [6, 6.07) is -5.78. The van der Waals surface area contributed by atoms with Gasteiger partial charge in [0.25, 0.3) is 0 Å². The van der Waals surface area contributed by atoms with Gasteiger partial charge >= 0.3 is 17.9 Å². The molecule has 0 radical (unpaired) electrons. The van der Waals surface area contributed by atoms with E-state index in [2.05, 4.69) is 10.6 Å². The lowest BCUT2D eigenvalue weighted by atomic mass is 10.1. The van der Waals surface area contributed by atoms with E-state index in [9.17, 15) is 33.6 Å². The second-order valence-electron chi connectivity index (χ2n) is 6.85. The van der Waals surface area contributed by atoms with Crippen molar-refractivity contribution in [2.24, 2.45) is 11.5 Å². The van der Waals surface area contributed by atoms with Gasteiger partial charge in [0.05, 0.1) is 12.5 Å². The smallest absolute Gasteiger partial charge is 0.326 e. The molecular weight excluding hydrogens is 434 g/mol. The molecule has 0 aliphatic heterocycles. The van der Waals surface area contributed by atoms with E-state index in [1.165, 1.54) is 6.92 Å². The number of carboxylic acid groups (broad SMARTS) is 3. The molecule has 0 aromatic heterocycles. The lowest BCUT2D eigenvalue weighted by Gasteiger charge is -2.24. The molecule has 0 saturated carbocycles. The Morgan fingerprint density at radius 2 is 1.12 bits per heavy atom. The summed E-state index contributed by atoms with van der Waals surface area (Å²) in [5.41, 5.74) is 10.5. The van der Waals surface area contributed by atoms with Gasteiger partial charge in [-0.1, -0.05) is 0 Å². The van der Waals surface area contributed by atoms with Crippen LogP contribution in [-0.2, 0) is 33.6 Å². The van der Waals surface area contributed by atoms with Gasteiger partial charge in [0.15, 0.2) is 0 Å². The SMILES string of the molecule is CC(N)C(=O)NC(CCC(=O)O)C(=O)NC(CC(N)=O)C(=O)NC(CCC(=O)O)C(=O)O. The van der Waals surface area contributed by atoms with E-state index in [1.54, 1.807) is 0 Å². The Labute approximate surface area is 181 Å².